The van der Waals surface area contributed by atoms with Crippen LogP contribution in [0.3, 0.4) is 0 Å². The van der Waals surface area contributed by atoms with E-state index in [0.717, 1.165) is 11.3 Å². The minimum Gasteiger partial charge on any atom is -0.484 e. The molecule has 0 atom stereocenters. The lowest BCUT2D eigenvalue weighted by Crippen LogP contribution is -2.15. The lowest BCUT2D eigenvalue weighted by Gasteiger charge is -2.10. The third-order valence-corrected chi connectivity index (χ3v) is 6.76. The van der Waals surface area contributed by atoms with Gasteiger partial charge in [-0.1, -0.05) is 71.4 Å². The molecular formula is C23H19Cl2N5O2S2. The standard InChI is InChI=1S/C23H19Cl2N5O2S2/c1-2-10-30-20(12-32-19-9-8-16(24)11-17(19)25)28-29-23(30)34-14-21(31)27-22-26-18(13-33-22)15-6-4-3-5-7-15/h2-9,11,13H,1,10,12,14H2,(H,26,27,31). The highest BCUT2D eigenvalue weighted by Crippen LogP contribution is 2.29. The van der Waals surface area contributed by atoms with Crippen LogP contribution in [0.2, 0.25) is 10.0 Å². The summed E-state index contributed by atoms with van der Waals surface area (Å²) in [6.45, 7) is 4.41. The predicted octanol–water partition coefficient (Wildman–Crippen LogP) is 6.20. The molecule has 4 aromatic rings. The van der Waals surface area contributed by atoms with Crippen molar-refractivity contribution in [1.29, 1.82) is 0 Å². The Morgan fingerprint density at radius 2 is 2.03 bits per heavy atom. The number of rotatable bonds is 10. The van der Waals surface area contributed by atoms with Crippen LogP contribution in [-0.4, -0.2) is 31.4 Å². The third-order valence-electron chi connectivity index (χ3n) is 4.51. The fourth-order valence-electron chi connectivity index (χ4n) is 2.94. The number of hydrogen-bond donors (Lipinski definition) is 1. The van der Waals surface area contributed by atoms with E-state index in [0.29, 0.717) is 38.5 Å². The van der Waals surface area contributed by atoms with Crippen LogP contribution in [0.25, 0.3) is 11.3 Å². The Bertz CT molecular complexity index is 1290. The highest BCUT2D eigenvalue weighted by atomic mass is 35.5. The fourth-order valence-corrected chi connectivity index (χ4v) is 4.90. The number of amides is 1. The van der Waals surface area contributed by atoms with E-state index >= 15 is 0 Å². The molecule has 0 aliphatic heterocycles. The molecule has 0 bridgehead atoms. The van der Waals surface area contributed by atoms with Gasteiger partial charge in [-0.2, -0.15) is 0 Å². The minimum absolute atomic E-state index is 0.149. The molecule has 2 heterocycles. The largest absolute Gasteiger partial charge is 0.484 e. The Kier molecular flexibility index (Phi) is 8.23. The molecule has 34 heavy (non-hydrogen) atoms. The summed E-state index contributed by atoms with van der Waals surface area (Å²) >= 11 is 14.8. The molecule has 1 N–H and O–H groups in total. The quantitative estimate of drug-likeness (QED) is 0.193. The van der Waals surface area contributed by atoms with Gasteiger partial charge in [0.2, 0.25) is 5.91 Å². The zero-order valence-corrected chi connectivity index (χ0v) is 20.9. The Hall–Kier alpha value is -2.85. The minimum atomic E-state index is -0.183. The first kappa shape index (κ1) is 24.3. The van der Waals surface area contributed by atoms with E-state index < -0.39 is 0 Å². The molecule has 174 valence electrons. The van der Waals surface area contributed by atoms with Gasteiger partial charge in [-0.25, -0.2) is 4.98 Å². The van der Waals surface area contributed by atoms with Gasteiger partial charge in [0.25, 0.3) is 0 Å². The summed E-state index contributed by atoms with van der Waals surface area (Å²) in [7, 11) is 0. The van der Waals surface area contributed by atoms with E-state index in [1.54, 1.807) is 24.3 Å². The van der Waals surface area contributed by atoms with E-state index in [9.17, 15) is 4.79 Å². The number of thioether (sulfide) groups is 1. The summed E-state index contributed by atoms with van der Waals surface area (Å²) in [5, 5.41) is 15.2. The first-order valence-corrected chi connectivity index (χ1v) is 12.7. The lowest BCUT2D eigenvalue weighted by atomic mass is 10.2. The number of halogens is 2. The van der Waals surface area contributed by atoms with Crippen molar-refractivity contribution in [2.75, 3.05) is 11.1 Å². The molecule has 0 spiro atoms. The first-order chi connectivity index (χ1) is 16.5. The van der Waals surface area contributed by atoms with Gasteiger partial charge in [0, 0.05) is 22.5 Å². The second-order valence-corrected chi connectivity index (χ2v) is 9.55. The van der Waals surface area contributed by atoms with Crippen molar-refractivity contribution >= 4 is 57.3 Å². The number of aromatic nitrogens is 4. The van der Waals surface area contributed by atoms with Crippen molar-refractivity contribution in [2.24, 2.45) is 0 Å². The van der Waals surface area contributed by atoms with Crippen LogP contribution < -0.4 is 10.1 Å². The molecular weight excluding hydrogens is 513 g/mol. The topological polar surface area (TPSA) is 81.9 Å². The number of hydrogen-bond acceptors (Lipinski definition) is 7. The zero-order valence-electron chi connectivity index (χ0n) is 17.8. The first-order valence-electron chi connectivity index (χ1n) is 10.1. The molecule has 11 heteroatoms. The average molecular weight is 532 g/mol. The zero-order chi connectivity index (χ0) is 23.9. The summed E-state index contributed by atoms with van der Waals surface area (Å²) in [5.41, 5.74) is 1.82. The van der Waals surface area contributed by atoms with Crippen LogP contribution in [-0.2, 0) is 17.9 Å². The molecule has 0 radical (unpaired) electrons. The van der Waals surface area contributed by atoms with Gasteiger partial charge in [0.15, 0.2) is 16.1 Å². The number of allylic oxidation sites excluding steroid dienone is 1. The van der Waals surface area contributed by atoms with Gasteiger partial charge in [-0.3, -0.25) is 9.36 Å². The Balaban J connectivity index is 1.36. The lowest BCUT2D eigenvalue weighted by molar-refractivity contribution is -0.113. The molecule has 4 rings (SSSR count). The molecule has 0 saturated heterocycles. The number of benzene rings is 2. The van der Waals surface area contributed by atoms with Crippen LogP contribution >= 0.6 is 46.3 Å². The number of anilines is 1. The van der Waals surface area contributed by atoms with E-state index in [4.69, 9.17) is 27.9 Å². The molecule has 2 aromatic carbocycles. The average Bonchev–Trinajstić information content (AvgIpc) is 3.45. The molecule has 0 aliphatic rings. The summed E-state index contributed by atoms with van der Waals surface area (Å²) in [6.07, 6.45) is 1.73. The van der Waals surface area contributed by atoms with Crippen molar-refractivity contribution < 1.29 is 9.53 Å². The van der Waals surface area contributed by atoms with Gasteiger partial charge in [-0.05, 0) is 18.2 Å². The molecule has 0 fully saturated rings. The molecule has 2 aromatic heterocycles. The second-order valence-electron chi connectivity index (χ2n) is 6.90. The monoisotopic (exact) mass is 531 g/mol. The number of thiazole rings is 1. The number of carbonyl (C=O) groups is 1. The molecule has 0 aliphatic carbocycles. The van der Waals surface area contributed by atoms with Gasteiger partial charge >= 0.3 is 0 Å². The van der Waals surface area contributed by atoms with Crippen molar-refractivity contribution in [3.63, 3.8) is 0 Å². The SMILES string of the molecule is C=CCn1c(COc2ccc(Cl)cc2Cl)nnc1SCC(=O)Nc1nc(-c2ccccc2)cs1. The van der Waals surface area contributed by atoms with E-state index in [-0.39, 0.29) is 18.3 Å². The maximum absolute atomic E-state index is 12.5. The Morgan fingerprint density at radius 1 is 1.21 bits per heavy atom. The van der Waals surface area contributed by atoms with Crippen molar-refractivity contribution in [2.45, 2.75) is 18.3 Å². The van der Waals surface area contributed by atoms with E-state index in [1.165, 1.54) is 23.1 Å². The van der Waals surface area contributed by atoms with Crippen molar-refractivity contribution in [1.82, 2.24) is 19.7 Å². The third kappa shape index (κ3) is 6.18. The molecule has 1 amide bonds. The summed E-state index contributed by atoms with van der Waals surface area (Å²) < 4.78 is 7.62. The smallest absolute Gasteiger partial charge is 0.236 e. The van der Waals surface area contributed by atoms with Crippen LogP contribution in [0, 0.1) is 0 Å². The highest BCUT2D eigenvalue weighted by Gasteiger charge is 2.16. The number of ether oxygens (including phenoxy) is 1. The predicted molar refractivity (Wildman–Crippen MR) is 138 cm³/mol. The van der Waals surface area contributed by atoms with E-state index in [2.05, 4.69) is 27.1 Å². The molecule has 0 saturated carbocycles. The van der Waals surface area contributed by atoms with Gasteiger partial charge in [0.1, 0.15) is 12.4 Å². The van der Waals surface area contributed by atoms with Crippen LogP contribution in [0.5, 0.6) is 5.75 Å². The maximum atomic E-state index is 12.5. The normalized spacial score (nSPS) is 10.8. The highest BCUT2D eigenvalue weighted by molar-refractivity contribution is 7.99. The van der Waals surface area contributed by atoms with Crippen molar-refractivity contribution in [3.8, 4) is 17.0 Å². The summed E-state index contributed by atoms with van der Waals surface area (Å²) in [5.74, 6) is 1.05. The van der Waals surface area contributed by atoms with Gasteiger partial charge in [-0.15, -0.1) is 28.1 Å². The Labute approximate surface area is 214 Å². The molecule has 0 unspecified atom stereocenters. The summed E-state index contributed by atoms with van der Waals surface area (Å²) in [4.78, 5) is 17.0. The second kappa shape index (κ2) is 11.5. The number of carbonyl (C=O) groups excluding carboxylic acids is 1. The fraction of sp³-hybridized carbons (Fsp3) is 0.130. The van der Waals surface area contributed by atoms with E-state index in [1.807, 2.05) is 40.3 Å². The summed E-state index contributed by atoms with van der Waals surface area (Å²) in [6, 6.07) is 14.8. The molecule has 7 nitrogen and oxygen atoms in total. The van der Waals surface area contributed by atoms with Crippen LogP contribution in [0.15, 0.2) is 71.7 Å². The number of nitrogens with zero attached hydrogens (tertiary/aromatic N) is 4. The van der Waals surface area contributed by atoms with Crippen LogP contribution in [0.4, 0.5) is 5.13 Å². The Morgan fingerprint density at radius 3 is 2.79 bits per heavy atom. The van der Waals surface area contributed by atoms with Gasteiger partial charge < -0.3 is 10.1 Å². The van der Waals surface area contributed by atoms with Crippen LogP contribution in [0.1, 0.15) is 5.82 Å². The van der Waals surface area contributed by atoms with Crippen molar-refractivity contribution in [3.05, 3.63) is 82.4 Å². The number of nitrogens with one attached hydrogen (secondary N) is 1. The maximum Gasteiger partial charge on any atom is 0.236 e. The van der Waals surface area contributed by atoms with Gasteiger partial charge in [0.05, 0.1) is 16.5 Å².